The van der Waals surface area contributed by atoms with Gasteiger partial charge in [-0.2, -0.15) is 0 Å². The van der Waals surface area contributed by atoms with Crippen LogP contribution in [0.15, 0.2) is 22.7 Å². The van der Waals surface area contributed by atoms with Crippen LogP contribution < -0.4 is 10.2 Å². The highest BCUT2D eigenvalue weighted by atomic mass is 35.5. The molecule has 1 heterocycles. The molecule has 0 saturated heterocycles. The third-order valence-electron chi connectivity index (χ3n) is 3.53. The molecule has 128 valence electrons. The number of rotatable bonds is 5. The van der Waals surface area contributed by atoms with Gasteiger partial charge in [0.25, 0.3) is 0 Å². The summed E-state index contributed by atoms with van der Waals surface area (Å²) in [5, 5.41) is 7.12. The highest BCUT2D eigenvalue weighted by molar-refractivity contribution is 6.34. The van der Waals surface area contributed by atoms with E-state index in [0.717, 1.165) is 11.1 Å². The Balaban J connectivity index is 2.03. The molecule has 0 saturated carbocycles. The lowest BCUT2D eigenvalue weighted by molar-refractivity contribution is -0.117. The topological polar surface area (TPSA) is 75.4 Å². The lowest BCUT2D eigenvalue weighted by Gasteiger charge is -2.18. The maximum atomic E-state index is 12.2. The van der Waals surface area contributed by atoms with Crippen molar-refractivity contribution in [1.82, 2.24) is 5.16 Å². The van der Waals surface area contributed by atoms with Crippen molar-refractivity contribution >= 4 is 34.9 Å². The first kappa shape index (κ1) is 18.0. The van der Waals surface area contributed by atoms with Crippen LogP contribution in [-0.4, -0.2) is 23.5 Å². The molecule has 24 heavy (non-hydrogen) atoms. The summed E-state index contributed by atoms with van der Waals surface area (Å²) in [5.41, 5.74) is 2.52. The summed E-state index contributed by atoms with van der Waals surface area (Å²) in [6.07, 6.45) is 0.120. The predicted molar refractivity (Wildman–Crippen MR) is 93.4 cm³/mol. The molecule has 1 N–H and O–H groups in total. The predicted octanol–water partition coefficient (Wildman–Crippen LogP) is 3.63. The average molecular weight is 350 g/mol. The summed E-state index contributed by atoms with van der Waals surface area (Å²) in [7, 11) is 0. The maximum Gasteiger partial charge on any atom is 0.226 e. The van der Waals surface area contributed by atoms with Crippen molar-refractivity contribution in [2.24, 2.45) is 0 Å². The van der Waals surface area contributed by atoms with E-state index in [1.807, 2.05) is 19.9 Å². The third kappa shape index (κ3) is 4.35. The summed E-state index contributed by atoms with van der Waals surface area (Å²) in [5.74, 6) is 0.566. The minimum atomic E-state index is -0.227. The van der Waals surface area contributed by atoms with Crippen molar-refractivity contribution in [3.8, 4) is 0 Å². The fourth-order valence-corrected chi connectivity index (χ4v) is 2.77. The van der Waals surface area contributed by atoms with E-state index < -0.39 is 0 Å². The standard InChI is InChI=1S/C17H20ClN3O3/c1-10-7-11(2)17(14(18)8-10)19-16(23)5-6-21(13(4)22)15-9-12(3)24-20-15/h7-9H,5-6H2,1-4H3,(H,19,23). The molecule has 1 aromatic carbocycles. The molecule has 0 radical (unpaired) electrons. The number of carbonyl (C=O) groups is 2. The minimum absolute atomic E-state index is 0.120. The van der Waals surface area contributed by atoms with Crippen LogP contribution in [0.3, 0.4) is 0 Å². The third-order valence-corrected chi connectivity index (χ3v) is 3.83. The molecule has 7 heteroatoms. The number of hydrogen-bond donors (Lipinski definition) is 1. The molecule has 6 nitrogen and oxygen atoms in total. The molecule has 0 spiro atoms. The SMILES string of the molecule is CC(=O)N(CCC(=O)Nc1c(C)cc(C)cc1Cl)c1cc(C)on1. The van der Waals surface area contributed by atoms with E-state index in [9.17, 15) is 9.59 Å². The average Bonchev–Trinajstić information content (AvgIpc) is 2.89. The number of nitrogens with zero attached hydrogens (tertiary/aromatic N) is 2. The first-order chi connectivity index (χ1) is 11.3. The fourth-order valence-electron chi connectivity index (χ4n) is 2.40. The van der Waals surface area contributed by atoms with Gasteiger partial charge in [-0.3, -0.25) is 14.5 Å². The summed E-state index contributed by atoms with van der Waals surface area (Å²) < 4.78 is 4.98. The van der Waals surface area contributed by atoms with Crippen molar-refractivity contribution in [3.05, 3.63) is 40.1 Å². The van der Waals surface area contributed by atoms with Crippen LogP contribution >= 0.6 is 11.6 Å². The van der Waals surface area contributed by atoms with Crippen LogP contribution in [0, 0.1) is 20.8 Å². The molecule has 1 aromatic heterocycles. The quantitative estimate of drug-likeness (QED) is 0.894. The van der Waals surface area contributed by atoms with E-state index in [1.54, 1.807) is 19.1 Å². The lowest BCUT2D eigenvalue weighted by atomic mass is 10.1. The molecular formula is C17H20ClN3O3. The van der Waals surface area contributed by atoms with Gasteiger partial charge in [-0.05, 0) is 38.0 Å². The Morgan fingerprint density at radius 2 is 1.96 bits per heavy atom. The Labute approximate surface area is 145 Å². The Hall–Kier alpha value is -2.34. The van der Waals surface area contributed by atoms with E-state index >= 15 is 0 Å². The van der Waals surface area contributed by atoms with Gasteiger partial charge in [0.15, 0.2) is 5.82 Å². The second-order valence-corrected chi connectivity index (χ2v) is 6.11. The number of amides is 2. The van der Waals surface area contributed by atoms with Crippen LogP contribution in [0.4, 0.5) is 11.5 Å². The normalized spacial score (nSPS) is 10.5. The van der Waals surface area contributed by atoms with Crippen molar-refractivity contribution in [2.75, 3.05) is 16.8 Å². The smallest absolute Gasteiger partial charge is 0.226 e. The molecule has 2 aromatic rings. The van der Waals surface area contributed by atoms with Crippen LogP contribution in [0.25, 0.3) is 0 Å². The highest BCUT2D eigenvalue weighted by Gasteiger charge is 2.17. The van der Waals surface area contributed by atoms with E-state index in [-0.39, 0.29) is 24.8 Å². The maximum absolute atomic E-state index is 12.2. The number of carbonyl (C=O) groups excluding carboxylic acids is 2. The Kier molecular flexibility index (Phi) is 5.62. The molecule has 2 rings (SSSR count). The van der Waals surface area contributed by atoms with Gasteiger partial charge in [0.2, 0.25) is 11.8 Å². The molecule has 0 aliphatic rings. The van der Waals surface area contributed by atoms with Gasteiger partial charge in [0.05, 0.1) is 10.7 Å². The number of halogens is 1. The zero-order chi connectivity index (χ0) is 17.9. The van der Waals surface area contributed by atoms with E-state index in [1.165, 1.54) is 11.8 Å². The first-order valence-electron chi connectivity index (χ1n) is 7.56. The molecule has 0 aliphatic carbocycles. The number of nitrogens with one attached hydrogen (secondary N) is 1. The number of benzene rings is 1. The van der Waals surface area contributed by atoms with Gasteiger partial charge >= 0.3 is 0 Å². The van der Waals surface area contributed by atoms with Gasteiger partial charge < -0.3 is 9.84 Å². The number of aromatic nitrogens is 1. The molecule has 0 aliphatic heterocycles. The molecule has 2 amide bonds. The number of aryl methyl sites for hydroxylation is 3. The van der Waals surface area contributed by atoms with Crippen molar-refractivity contribution in [1.29, 1.82) is 0 Å². The lowest BCUT2D eigenvalue weighted by Crippen LogP contribution is -2.32. The van der Waals surface area contributed by atoms with Gasteiger partial charge in [0, 0.05) is 26.0 Å². The zero-order valence-corrected chi connectivity index (χ0v) is 14.9. The second kappa shape index (κ2) is 7.49. The van der Waals surface area contributed by atoms with Gasteiger partial charge in [-0.15, -0.1) is 0 Å². The monoisotopic (exact) mass is 349 g/mol. The molecule has 0 bridgehead atoms. The van der Waals surface area contributed by atoms with Crippen molar-refractivity contribution in [3.63, 3.8) is 0 Å². The highest BCUT2D eigenvalue weighted by Crippen LogP contribution is 2.27. The van der Waals surface area contributed by atoms with Crippen LogP contribution in [-0.2, 0) is 9.59 Å². The molecule has 0 atom stereocenters. The molecule has 0 unspecified atom stereocenters. The Morgan fingerprint density at radius 1 is 1.25 bits per heavy atom. The summed E-state index contributed by atoms with van der Waals surface area (Å²) >= 11 is 6.19. The fraction of sp³-hybridized carbons (Fsp3) is 0.353. The van der Waals surface area contributed by atoms with E-state index in [4.69, 9.17) is 16.1 Å². The Morgan fingerprint density at radius 3 is 2.50 bits per heavy atom. The van der Waals surface area contributed by atoms with E-state index in [0.29, 0.717) is 22.3 Å². The molecular weight excluding hydrogens is 330 g/mol. The van der Waals surface area contributed by atoms with Crippen molar-refractivity contribution < 1.29 is 14.1 Å². The molecule has 0 fully saturated rings. The van der Waals surface area contributed by atoms with Crippen LogP contribution in [0.1, 0.15) is 30.2 Å². The van der Waals surface area contributed by atoms with Crippen molar-refractivity contribution in [2.45, 2.75) is 34.1 Å². The minimum Gasteiger partial charge on any atom is -0.360 e. The summed E-state index contributed by atoms with van der Waals surface area (Å²) in [6, 6.07) is 5.39. The van der Waals surface area contributed by atoms with Gasteiger partial charge in [-0.25, -0.2) is 0 Å². The number of hydrogen-bond acceptors (Lipinski definition) is 4. The zero-order valence-electron chi connectivity index (χ0n) is 14.1. The summed E-state index contributed by atoms with van der Waals surface area (Å²) in [4.78, 5) is 25.4. The van der Waals surface area contributed by atoms with Gasteiger partial charge in [-0.1, -0.05) is 22.8 Å². The summed E-state index contributed by atoms with van der Waals surface area (Å²) in [6.45, 7) is 7.19. The second-order valence-electron chi connectivity index (χ2n) is 5.70. The van der Waals surface area contributed by atoms with Crippen LogP contribution in [0.5, 0.6) is 0 Å². The first-order valence-corrected chi connectivity index (χ1v) is 7.93. The van der Waals surface area contributed by atoms with Gasteiger partial charge in [0.1, 0.15) is 5.76 Å². The number of anilines is 2. The van der Waals surface area contributed by atoms with Crippen LogP contribution in [0.2, 0.25) is 5.02 Å². The van der Waals surface area contributed by atoms with E-state index in [2.05, 4.69) is 10.5 Å². The Bertz CT molecular complexity index is 747. The largest absolute Gasteiger partial charge is 0.360 e.